The van der Waals surface area contributed by atoms with Crippen LogP contribution in [0.5, 0.6) is 0 Å². The standard InChI is InChI=1S/C14H13N5O2S/c20-12-6-5-10(18-19-12)13(21)15-7-8-16-14-17-9-3-1-2-4-11(9)22-14/h1-6H,7-8H2,(H,15,21)(H,16,17)(H,19,20). The SMILES string of the molecule is O=C(NCCNc1nc2ccccc2s1)c1ccc(=O)[nH]n1. The molecule has 0 aliphatic heterocycles. The average molecular weight is 315 g/mol. The summed E-state index contributed by atoms with van der Waals surface area (Å²) in [6.07, 6.45) is 0. The third kappa shape index (κ3) is 3.29. The molecule has 0 saturated carbocycles. The van der Waals surface area contributed by atoms with Gasteiger partial charge in [-0.3, -0.25) is 9.59 Å². The zero-order valence-corrected chi connectivity index (χ0v) is 12.3. The van der Waals surface area contributed by atoms with Gasteiger partial charge >= 0.3 is 0 Å². The first kappa shape index (κ1) is 14.2. The quantitative estimate of drug-likeness (QED) is 0.615. The molecular formula is C14H13N5O2S. The Hall–Kier alpha value is -2.74. The van der Waals surface area contributed by atoms with Gasteiger partial charge in [0, 0.05) is 19.2 Å². The molecule has 2 aromatic heterocycles. The number of fused-ring (bicyclic) bond motifs is 1. The molecule has 0 unspecified atom stereocenters. The first-order valence-electron chi connectivity index (χ1n) is 6.66. The van der Waals surface area contributed by atoms with E-state index in [1.54, 1.807) is 11.3 Å². The molecule has 8 heteroatoms. The Bertz CT molecular complexity index is 804. The predicted molar refractivity (Wildman–Crippen MR) is 85.3 cm³/mol. The lowest BCUT2D eigenvalue weighted by atomic mass is 10.3. The van der Waals surface area contributed by atoms with Gasteiger partial charge in [0.05, 0.1) is 10.2 Å². The molecule has 1 aromatic carbocycles. The molecular weight excluding hydrogens is 302 g/mol. The van der Waals surface area contributed by atoms with Gasteiger partial charge in [0.1, 0.15) is 5.69 Å². The van der Waals surface area contributed by atoms with Gasteiger partial charge in [-0.15, -0.1) is 0 Å². The summed E-state index contributed by atoms with van der Waals surface area (Å²) in [6, 6.07) is 10.5. The zero-order valence-electron chi connectivity index (χ0n) is 11.5. The molecule has 0 radical (unpaired) electrons. The number of hydrogen-bond donors (Lipinski definition) is 3. The summed E-state index contributed by atoms with van der Waals surface area (Å²) >= 11 is 1.57. The molecule has 3 rings (SSSR count). The fourth-order valence-electron chi connectivity index (χ4n) is 1.85. The Balaban J connectivity index is 1.49. The summed E-state index contributed by atoms with van der Waals surface area (Å²) in [4.78, 5) is 27.1. The second kappa shape index (κ2) is 6.35. The monoisotopic (exact) mass is 315 g/mol. The molecule has 22 heavy (non-hydrogen) atoms. The Morgan fingerprint density at radius 1 is 1.18 bits per heavy atom. The van der Waals surface area contributed by atoms with E-state index in [-0.39, 0.29) is 17.2 Å². The highest BCUT2D eigenvalue weighted by Gasteiger charge is 2.06. The normalized spacial score (nSPS) is 10.5. The molecule has 0 atom stereocenters. The highest BCUT2D eigenvalue weighted by molar-refractivity contribution is 7.22. The van der Waals surface area contributed by atoms with Crippen molar-refractivity contribution in [2.24, 2.45) is 0 Å². The summed E-state index contributed by atoms with van der Waals surface area (Å²) in [7, 11) is 0. The van der Waals surface area contributed by atoms with E-state index in [9.17, 15) is 9.59 Å². The summed E-state index contributed by atoms with van der Waals surface area (Å²) < 4.78 is 1.12. The van der Waals surface area contributed by atoms with Crippen LogP contribution in [-0.4, -0.2) is 34.2 Å². The molecule has 7 nitrogen and oxygen atoms in total. The van der Waals surface area contributed by atoms with Crippen LogP contribution in [0, 0.1) is 0 Å². The zero-order chi connectivity index (χ0) is 15.4. The first-order chi connectivity index (χ1) is 10.7. The van der Waals surface area contributed by atoms with Crippen molar-refractivity contribution in [1.29, 1.82) is 0 Å². The predicted octanol–water partition coefficient (Wildman–Crippen LogP) is 1.22. The van der Waals surface area contributed by atoms with Crippen LogP contribution < -0.4 is 16.2 Å². The minimum absolute atomic E-state index is 0.180. The lowest BCUT2D eigenvalue weighted by Gasteiger charge is -2.04. The van der Waals surface area contributed by atoms with Crippen molar-refractivity contribution >= 4 is 32.6 Å². The van der Waals surface area contributed by atoms with Crippen LogP contribution in [0.4, 0.5) is 5.13 Å². The summed E-state index contributed by atoms with van der Waals surface area (Å²) in [6.45, 7) is 0.977. The van der Waals surface area contributed by atoms with Crippen LogP contribution in [0.3, 0.4) is 0 Å². The van der Waals surface area contributed by atoms with Gasteiger partial charge in [-0.1, -0.05) is 23.5 Å². The van der Waals surface area contributed by atoms with E-state index >= 15 is 0 Å². The maximum Gasteiger partial charge on any atom is 0.271 e. The van der Waals surface area contributed by atoms with E-state index in [0.717, 1.165) is 15.3 Å². The van der Waals surface area contributed by atoms with Gasteiger partial charge in [-0.2, -0.15) is 5.10 Å². The Labute approximate surface area is 129 Å². The average Bonchev–Trinajstić information content (AvgIpc) is 2.95. The molecule has 0 aliphatic carbocycles. The lowest BCUT2D eigenvalue weighted by Crippen LogP contribution is -2.30. The van der Waals surface area contributed by atoms with Crippen LogP contribution in [0.25, 0.3) is 10.2 Å². The number of anilines is 1. The van der Waals surface area contributed by atoms with Gasteiger partial charge in [-0.25, -0.2) is 10.1 Å². The minimum Gasteiger partial charge on any atom is -0.360 e. The topological polar surface area (TPSA) is 99.8 Å². The number of benzene rings is 1. The summed E-state index contributed by atoms with van der Waals surface area (Å²) in [5, 5.41) is 12.6. The van der Waals surface area contributed by atoms with Crippen molar-refractivity contribution in [3.8, 4) is 0 Å². The van der Waals surface area contributed by atoms with Crippen molar-refractivity contribution in [2.75, 3.05) is 18.4 Å². The highest BCUT2D eigenvalue weighted by Crippen LogP contribution is 2.24. The van der Waals surface area contributed by atoms with Crippen molar-refractivity contribution < 1.29 is 4.79 Å². The second-order valence-corrected chi connectivity index (χ2v) is 5.51. The van der Waals surface area contributed by atoms with Gasteiger partial charge in [0.25, 0.3) is 11.5 Å². The molecule has 112 valence electrons. The molecule has 0 bridgehead atoms. The highest BCUT2D eigenvalue weighted by atomic mass is 32.1. The largest absolute Gasteiger partial charge is 0.360 e. The van der Waals surface area contributed by atoms with Gasteiger partial charge in [0.2, 0.25) is 0 Å². The van der Waals surface area contributed by atoms with Gasteiger partial charge in [0.15, 0.2) is 5.13 Å². The number of aromatic amines is 1. The van der Waals surface area contributed by atoms with Crippen LogP contribution in [0.1, 0.15) is 10.5 Å². The van der Waals surface area contributed by atoms with E-state index in [2.05, 4.69) is 25.8 Å². The first-order valence-corrected chi connectivity index (χ1v) is 7.47. The van der Waals surface area contributed by atoms with Crippen LogP contribution >= 0.6 is 11.3 Å². The number of rotatable bonds is 5. The third-order valence-electron chi connectivity index (χ3n) is 2.89. The molecule has 0 fully saturated rings. The number of para-hydroxylation sites is 1. The van der Waals surface area contributed by atoms with E-state index in [0.29, 0.717) is 13.1 Å². The molecule has 3 aromatic rings. The second-order valence-electron chi connectivity index (χ2n) is 4.48. The number of nitrogens with zero attached hydrogens (tertiary/aromatic N) is 2. The van der Waals surface area contributed by atoms with Crippen molar-refractivity contribution in [1.82, 2.24) is 20.5 Å². The minimum atomic E-state index is -0.339. The van der Waals surface area contributed by atoms with Gasteiger partial charge in [-0.05, 0) is 18.2 Å². The van der Waals surface area contributed by atoms with E-state index in [4.69, 9.17) is 0 Å². The van der Waals surface area contributed by atoms with Crippen molar-refractivity contribution in [3.63, 3.8) is 0 Å². The van der Waals surface area contributed by atoms with E-state index in [1.165, 1.54) is 12.1 Å². The number of carbonyl (C=O) groups is 1. The van der Waals surface area contributed by atoms with Crippen molar-refractivity contribution in [3.05, 3.63) is 52.4 Å². The molecule has 0 spiro atoms. The number of H-pyrrole nitrogens is 1. The fraction of sp³-hybridized carbons (Fsp3) is 0.143. The number of hydrogen-bond acceptors (Lipinski definition) is 6. The number of thiazole rings is 1. The maximum absolute atomic E-state index is 11.8. The van der Waals surface area contributed by atoms with Gasteiger partial charge < -0.3 is 10.6 Å². The van der Waals surface area contributed by atoms with Crippen LogP contribution in [-0.2, 0) is 0 Å². The number of amides is 1. The van der Waals surface area contributed by atoms with Crippen LogP contribution in [0.15, 0.2) is 41.2 Å². The van der Waals surface area contributed by atoms with Crippen molar-refractivity contribution in [2.45, 2.75) is 0 Å². The summed E-state index contributed by atoms with van der Waals surface area (Å²) in [5.74, 6) is -0.331. The molecule has 3 N–H and O–H groups in total. The molecule has 0 saturated heterocycles. The Kier molecular flexibility index (Phi) is 4.10. The molecule has 2 heterocycles. The lowest BCUT2D eigenvalue weighted by molar-refractivity contribution is 0.0949. The number of carbonyl (C=O) groups excluding carboxylic acids is 1. The summed E-state index contributed by atoms with van der Waals surface area (Å²) in [5.41, 5.74) is 0.796. The maximum atomic E-state index is 11.8. The number of aromatic nitrogens is 3. The smallest absolute Gasteiger partial charge is 0.271 e. The van der Waals surface area contributed by atoms with Crippen LogP contribution in [0.2, 0.25) is 0 Å². The number of nitrogens with one attached hydrogen (secondary N) is 3. The molecule has 1 amide bonds. The van der Waals surface area contributed by atoms with E-state index in [1.807, 2.05) is 24.3 Å². The Morgan fingerprint density at radius 2 is 2.05 bits per heavy atom. The molecule has 0 aliphatic rings. The van der Waals surface area contributed by atoms with E-state index < -0.39 is 0 Å². The Morgan fingerprint density at radius 3 is 2.82 bits per heavy atom. The third-order valence-corrected chi connectivity index (χ3v) is 3.89. The fourth-order valence-corrected chi connectivity index (χ4v) is 2.75.